The Kier molecular flexibility index (Phi) is 7.21. The normalized spacial score (nSPS) is 26.1. The monoisotopic (exact) mass is 370 g/mol. The van der Waals surface area contributed by atoms with Gasteiger partial charge in [-0.2, -0.15) is 0 Å². The number of likely N-dealkylation sites (tertiary alicyclic amines) is 2. The second-order valence-corrected chi connectivity index (χ2v) is 9.67. The summed E-state index contributed by atoms with van der Waals surface area (Å²) in [5.74, 6) is 2.02. The first-order chi connectivity index (χ1) is 13.4. The third kappa shape index (κ3) is 5.55. The van der Waals surface area contributed by atoms with E-state index in [1.54, 1.807) is 11.4 Å². The van der Waals surface area contributed by atoms with Gasteiger partial charge < -0.3 is 9.80 Å². The minimum absolute atomic E-state index is 1.01. The Balaban J connectivity index is 1.09. The highest BCUT2D eigenvalue weighted by Crippen LogP contribution is 2.31. The molecule has 0 bridgehead atoms. The van der Waals surface area contributed by atoms with Crippen LogP contribution in [-0.2, 0) is 0 Å². The van der Waals surface area contributed by atoms with E-state index in [9.17, 15) is 0 Å². The molecule has 0 aromatic rings. The van der Waals surface area contributed by atoms with Gasteiger partial charge in [0.1, 0.15) is 0 Å². The highest BCUT2D eigenvalue weighted by Gasteiger charge is 2.23. The molecule has 2 aliphatic carbocycles. The van der Waals surface area contributed by atoms with Gasteiger partial charge in [0.15, 0.2) is 0 Å². The summed E-state index contributed by atoms with van der Waals surface area (Å²) in [6.07, 6.45) is 26.3. The van der Waals surface area contributed by atoms with Crippen LogP contribution in [0.25, 0.3) is 0 Å². The van der Waals surface area contributed by atoms with Crippen LogP contribution in [-0.4, -0.2) is 36.0 Å². The van der Waals surface area contributed by atoms with Crippen LogP contribution in [0.1, 0.15) is 96.3 Å². The zero-order chi connectivity index (χ0) is 18.3. The van der Waals surface area contributed by atoms with Crippen LogP contribution in [0.2, 0.25) is 0 Å². The van der Waals surface area contributed by atoms with Crippen molar-refractivity contribution in [3.05, 3.63) is 23.5 Å². The van der Waals surface area contributed by atoms with Crippen molar-refractivity contribution < 1.29 is 0 Å². The molecule has 0 aromatic heterocycles. The van der Waals surface area contributed by atoms with E-state index < -0.39 is 0 Å². The molecule has 0 saturated carbocycles. The van der Waals surface area contributed by atoms with Gasteiger partial charge in [-0.3, -0.25) is 0 Å². The number of hydrogen-bond acceptors (Lipinski definition) is 2. The average molecular weight is 371 g/mol. The largest absolute Gasteiger partial charge is 0.375 e. The molecule has 152 valence electrons. The van der Waals surface area contributed by atoms with Crippen molar-refractivity contribution in [3.8, 4) is 0 Å². The molecule has 0 radical (unpaired) electrons. The fourth-order valence-electron chi connectivity index (χ4n) is 5.93. The van der Waals surface area contributed by atoms with E-state index in [0.717, 1.165) is 11.8 Å². The molecule has 2 aliphatic heterocycles. The molecular formula is C25H42N2. The van der Waals surface area contributed by atoms with Gasteiger partial charge in [-0.25, -0.2) is 0 Å². The fraction of sp³-hybridized carbons (Fsp3) is 0.840. The number of nitrogens with zero attached hydrogens (tertiary/aromatic N) is 2. The van der Waals surface area contributed by atoms with E-state index in [1.807, 2.05) is 0 Å². The second-order valence-electron chi connectivity index (χ2n) is 9.67. The fourth-order valence-corrected chi connectivity index (χ4v) is 5.93. The molecule has 2 nitrogen and oxygen atoms in total. The van der Waals surface area contributed by atoms with Crippen molar-refractivity contribution in [3.63, 3.8) is 0 Å². The Morgan fingerprint density at radius 2 is 1.07 bits per heavy atom. The van der Waals surface area contributed by atoms with Crippen LogP contribution in [0.3, 0.4) is 0 Å². The summed E-state index contributed by atoms with van der Waals surface area (Å²) >= 11 is 0. The lowest BCUT2D eigenvalue weighted by atomic mass is 9.86. The van der Waals surface area contributed by atoms with Crippen LogP contribution < -0.4 is 0 Å². The lowest BCUT2D eigenvalue weighted by Gasteiger charge is -2.37. The van der Waals surface area contributed by atoms with Gasteiger partial charge in [0.05, 0.1) is 0 Å². The molecule has 0 N–H and O–H groups in total. The van der Waals surface area contributed by atoms with E-state index in [1.165, 1.54) is 122 Å². The van der Waals surface area contributed by atoms with E-state index in [2.05, 4.69) is 22.0 Å². The van der Waals surface area contributed by atoms with E-state index in [4.69, 9.17) is 0 Å². The highest BCUT2D eigenvalue weighted by molar-refractivity contribution is 5.06. The molecule has 0 unspecified atom stereocenters. The summed E-state index contributed by atoms with van der Waals surface area (Å²) < 4.78 is 0. The number of piperidine rings is 2. The van der Waals surface area contributed by atoms with E-state index >= 15 is 0 Å². The van der Waals surface area contributed by atoms with E-state index in [-0.39, 0.29) is 0 Å². The molecule has 0 aromatic carbocycles. The standard InChI is InChI=1S/C25H42N2/c1-3-10-24(11-4-1)26-18-14-22(15-19-26)8-7-9-23-16-20-27(21-17-23)25-12-5-2-6-13-25/h10,12,22-23H,1-9,11,13-21H2. The summed E-state index contributed by atoms with van der Waals surface area (Å²) in [5, 5.41) is 0. The topological polar surface area (TPSA) is 6.48 Å². The first-order valence-corrected chi connectivity index (χ1v) is 12.3. The van der Waals surface area contributed by atoms with Gasteiger partial charge in [-0.05, 0) is 88.9 Å². The molecule has 2 saturated heterocycles. The van der Waals surface area contributed by atoms with Crippen molar-refractivity contribution in [1.82, 2.24) is 9.80 Å². The molecule has 0 spiro atoms. The van der Waals surface area contributed by atoms with Gasteiger partial charge in [-0.1, -0.05) is 31.4 Å². The average Bonchev–Trinajstić information content (AvgIpc) is 2.76. The maximum absolute atomic E-state index is 2.71. The van der Waals surface area contributed by atoms with Crippen molar-refractivity contribution in [1.29, 1.82) is 0 Å². The summed E-state index contributed by atoms with van der Waals surface area (Å²) in [4.78, 5) is 5.43. The van der Waals surface area contributed by atoms with E-state index in [0.29, 0.717) is 0 Å². The minimum atomic E-state index is 1.01. The molecule has 4 rings (SSSR count). The third-order valence-corrected chi connectivity index (χ3v) is 7.80. The van der Waals surface area contributed by atoms with Crippen LogP contribution in [0.4, 0.5) is 0 Å². The zero-order valence-corrected chi connectivity index (χ0v) is 17.6. The third-order valence-electron chi connectivity index (χ3n) is 7.80. The maximum Gasteiger partial charge on any atom is 0.0177 e. The van der Waals surface area contributed by atoms with Gasteiger partial charge in [0.25, 0.3) is 0 Å². The Bertz CT molecular complexity index is 458. The lowest BCUT2D eigenvalue weighted by molar-refractivity contribution is 0.190. The van der Waals surface area contributed by atoms with Crippen molar-refractivity contribution in [2.24, 2.45) is 11.8 Å². The lowest BCUT2D eigenvalue weighted by Crippen LogP contribution is -2.34. The van der Waals surface area contributed by atoms with Crippen LogP contribution in [0, 0.1) is 11.8 Å². The van der Waals surface area contributed by atoms with Gasteiger partial charge in [-0.15, -0.1) is 0 Å². The Morgan fingerprint density at radius 3 is 1.44 bits per heavy atom. The summed E-state index contributed by atoms with van der Waals surface area (Å²) in [6, 6.07) is 0. The quantitative estimate of drug-likeness (QED) is 0.527. The van der Waals surface area contributed by atoms with Gasteiger partial charge in [0, 0.05) is 37.6 Å². The summed E-state index contributed by atoms with van der Waals surface area (Å²) in [7, 11) is 0. The molecular weight excluding hydrogens is 328 g/mol. The molecule has 4 aliphatic rings. The first-order valence-electron chi connectivity index (χ1n) is 12.3. The highest BCUT2D eigenvalue weighted by atomic mass is 15.1. The summed E-state index contributed by atoms with van der Waals surface area (Å²) in [6.45, 7) is 5.35. The van der Waals surface area contributed by atoms with Crippen LogP contribution in [0.15, 0.2) is 23.5 Å². The van der Waals surface area contributed by atoms with Crippen molar-refractivity contribution in [2.75, 3.05) is 26.2 Å². The molecule has 0 amide bonds. The summed E-state index contributed by atoms with van der Waals surface area (Å²) in [5.41, 5.74) is 3.36. The maximum atomic E-state index is 2.71. The minimum Gasteiger partial charge on any atom is -0.375 e. The van der Waals surface area contributed by atoms with Crippen molar-refractivity contribution in [2.45, 2.75) is 96.3 Å². The van der Waals surface area contributed by atoms with Crippen LogP contribution in [0.5, 0.6) is 0 Å². The Labute approximate surface area is 168 Å². The Morgan fingerprint density at radius 1 is 0.630 bits per heavy atom. The molecule has 2 fully saturated rings. The molecule has 27 heavy (non-hydrogen) atoms. The van der Waals surface area contributed by atoms with Crippen LogP contribution >= 0.6 is 0 Å². The predicted octanol–water partition coefficient (Wildman–Crippen LogP) is 6.50. The number of hydrogen-bond donors (Lipinski definition) is 0. The second kappa shape index (κ2) is 10.0. The molecule has 0 atom stereocenters. The first kappa shape index (κ1) is 19.4. The number of allylic oxidation sites excluding steroid dienone is 4. The molecule has 2 heterocycles. The van der Waals surface area contributed by atoms with Gasteiger partial charge in [0.2, 0.25) is 0 Å². The molecule has 2 heteroatoms. The van der Waals surface area contributed by atoms with Crippen molar-refractivity contribution >= 4 is 0 Å². The van der Waals surface area contributed by atoms with Gasteiger partial charge >= 0.3 is 0 Å². The predicted molar refractivity (Wildman–Crippen MR) is 116 cm³/mol. The zero-order valence-electron chi connectivity index (χ0n) is 17.6. The number of rotatable bonds is 6. The Hall–Kier alpha value is -0.920. The smallest absolute Gasteiger partial charge is 0.0177 e. The SMILES string of the molecule is C1=C(N2CCC(CCCC3CCN(C4=CCCCC4)CC3)CC2)CCCC1.